The fraction of sp³-hybridized carbons (Fsp3) is 0.533. The van der Waals surface area contributed by atoms with E-state index in [1.54, 1.807) is 19.1 Å². The van der Waals surface area contributed by atoms with E-state index in [0.29, 0.717) is 12.1 Å². The van der Waals surface area contributed by atoms with Gasteiger partial charge in [-0.3, -0.25) is 0 Å². The Kier molecular flexibility index (Phi) is 5.80. The smallest absolute Gasteiger partial charge is 0.331 e. The van der Waals surface area contributed by atoms with Crippen LogP contribution in [0.2, 0.25) is 0 Å². The third-order valence-corrected chi connectivity index (χ3v) is 3.16. The molecule has 19 heavy (non-hydrogen) atoms. The number of halogens is 1. The zero-order chi connectivity index (χ0) is 14.3. The molecule has 0 amide bonds. The number of carbonyl (C=O) groups excluding carboxylic acids is 1. The van der Waals surface area contributed by atoms with Crippen molar-refractivity contribution in [3.8, 4) is 0 Å². The number of benzene rings is 1. The lowest BCUT2D eigenvalue weighted by Crippen LogP contribution is -2.44. The third-order valence-electron chi connectivity index (χ3n) is 3.16. The molecule has 1 atom stereocenters. The Morgan fingerprint density at radius 1 is 1.42 bits per heavy atom. The zero-order valence-electron chi connectivity index (χ0n) is 11.8. The highest BCUT2D eigenvalue weighted by Crippen LogP contribution is 2.23. The Hall–Kier alpha value is -1.58. The Morgan fingerprint density at radius 2 is 2.16 bits per heavy atom. The highest BCUT2D eigenvalue weighted by atomic mass is 19.1. The molecule has 0 saturated heterocycles. The maximum atomic E-state index is 13.2. The summed E-state index contributed by atoms with van der Waals surface area (Å²) in [6.45, 7) is 3.90. The molecular weight excluding hydrogens is 245 g/mol. The topological polar surface area (TPSA) is 38.3 Å². The van der Waals surface area contributed by atoms with Crippen molar-refractivity contribution >= 4 is 11.7 Å². The first-order valence-electron chi connectivity index (χ1n) is 6.64. The second kappa shape index (κ2) is 7.12. The highest BCUT2D eigenvalue weighted by molar-refractivity contribution is 5.83. The van der Waals surface area contributed by atoms with E-state index in [9.17, 15) is 9.18 Å². The largest absolute Gasteiger partial charge is 0.467 e. The SMILES string of the molecule is CCCCCC(C)(Nc1cccc(F)c1)C(=O)OC. The monoisotopic (exact) mass is 267 g/mol. The van der Waals surface area contributed by atoms with Crippen LogP contribution in [0.25, 0.3) is 0 Å². The van der Waals surface area contributed by atoms with Crippen LogP contribution in [0.1, 0.15) is 39.5 Å². The average Bonchev–Trinajstić information content (AvgIpc) is 2.38. The normalized spacial score (nSPS) is 13.7. The number of unbranched alkanes of at least 4 members (excludes halogenated alkanes) is 2. The molecule has 3 nitrogen and oxygen atoms in total. The van der Waals surface area contributed by atoms with Crippen LogP contribution in [0.5, 0.6) is 0 Å². The number of rotatable bonds is 7. The summed E-state index contributed by atoms with van der Waals surface area (Å²) in [6.07, 6.45) is 3.71. The van der Waals surface area contributed by atoms with Crippen LogP contribution in [-0.2, 0) is 9.53 Å². The molecule has 1 aromatic carbocycles. The summed E-state index contributed by atoms with van der Waals surface area (Å²) in [4.78, 5) is 11.9. The maximum Gasteiger partial charge on any atom is 0.331 e. The lowest BCUT2D eigenvalue weighted by Gasteiger charge is -2.29. The molecule has 106 valence electrons. The van der Waals surface area contributed by atoms with Crippen LogP contribution in [0.15, 0.2) is 24.3 Å². The van der Waals surface area contributed by atoms with Crippen LogP contribution in [-0.4, -0.2) is 18.6 Å². The quantitative estimate of drug-likeness (QED) is 0.604. The minimum absolute atomic E-state index is 0.326. The molecule has 0 aliphatic rings. The summed E-state index contributed by atoms with van der Waals surface area (Å²) in [7, 11) is 1.37. The summed E-state index contributed by atoms with van der Waals surface area (Å²) in [5.74, 6) is -0.654. The lowest BCUT2D eigenvalue weighted by atomic mass is 9.94. The van der Waals surface area contributed by atoms with Gasteiger partial charge in [0.15, 0.2) is 0 Å². The zero-order valence-corrected chi connectivity index (χ0v) is 11.8. The summed E-state index contributed by atoms with van der Waals surface area (Å²) >= 11 is 0. The minimum Gasteiger partial charge on any atom is -0.467 e. The molecule has 0 heterocycles. The van der Waals surface area contributed by atoms with E-state index < -0.39 is 5.54 Å². The van der Waals surface area contributed by atoms with Crippen molar-refractivity contribution in [1.82, 2.24) is 0 Å². The van der Waals surface area contributed by atoms with Crippen molar-refractivity contribution in [3.63, 3.8) is 0 Å². The van der Waals surface area contributed by atoms with Gasteiger partial charge < -0.3 is 10.1 Å². The van der Waals surface area contributed by atoms with E-state index in [0.717, 1.165) is 19.3 Å². The Balaban J connectivity index is 2.81. The fourth-order valence-corrected chi connectivity index (χ4v) is 2.05. The van der Waals surface area contributed by atoms with Crippen molar-refractivity contribution in [2.24, 2.45) is 0 Å². The van der Waals surface area contributed by atoms with Crippen LogP contribution in [0.3, 0.4) is 0 Å². The molecule has 1 N–H and O–H groups in total. The summed E-state index contributed by atoms with van der Waals surface area (Å²) in [6, 6.07) is 6.10. The van der Waals surface area contributed by atoms with Gasteiger partial charge in [0.2, 0.25) is 0 Å². The summed E-state index contributed by atoms with van der Waals surface area (Å²) < 4.78 is 18.0. The standard InChI is InChI=1S/C15H22FNO2/c1-4-5-6-10-15(2,14(18)19-3)17-13-9-7-8-12(16)11-13/h7-9,11,17H,4-6,10H2,1-3H3. The number of nitrogens with one attached hydrogen (secondary N) is 1. The molecule has 0 radical (unpaired) electrons. The summed E-state index contributed by atoms with van der Waals surface area (Å²) in [5, 5.41) is 3.09. The predicted molar refractivity (Wildman–Crippen MR) is 74.6 cm³/mol. The molecule has 1 rings (SSSR count). The van der Waals surface area contributed by atoms with Crippen molar-refractivity contribution in [2.45, 2.75) is 45.1 Å². The number of carbonyl (C=O) groups is 1. The molecule has 0 saturated carbocycles. The van der Waals surface area contributed by atoms with Crippen molar-refractivity contribution in [3.05, 3.63) is 30.1 Å². The average molecular weight is 267 g/mol. The molecule has 0 spiro atoms. The van der Waals surface area contributed by atoms with Gasteiger partial charge in [-0.1, -0.05) is 32.3 Å². The first-order chi connectivity index (χ1) is 9.01. The van der Waals surface area contributed by atoms with Crippen LogP contribution < -0.4 is 5.32 Å². The molecule has 0 bridgehead atoms. The number of ether oxygens (including phenoxy) is 1. The Labute approximate surface area is 114 Å². The van der Waals surface area contributed by atoms with Gasteiger partial charge in [-0.25, -0.2) is 9.18 Å². The van der Waals surface area contributed by atoms with Crippen LogP contribution in [0.4, 0.5) is 10.1 Å². The van der Waals surface area contributed by atoms with Gasteiger partial charge in [-0.05, 0) is 31.5 Å². The number of methoxy groups -OCH3 is 1. The molecule has 4 heteroatoms. The maximum absolute atomic E-state index is 13.2. The van der Waals surface area contributed by atoms with Gasteiger partial charge in [0.05, 0.1) is 7.11 Å². The number of hydrogen-bond acceptors (Lipinski definition) is 3. The van der Waals surface area contributed by atoms with Gasteiger partial charge in [0.1, 0.15) is 11.4 Å². The van der Waals surface area contributed by atoms with Crippen molar-refractivity contribution < 1.29 is 13.9 Å². The van der Waals surface area contributed by atoms with E-state index in [2.05, 4.69) is 12.2 Å². The second-order valence-electron chi connectivity index (χ2n) is 4.92. The highest BCUT2D eigenvalue weighted by Gasteiger charge is 2.33. The molecule has 0 fully saturated rings. The third kappa shape index (κ3) is 4.54. The Morgan fingerprint density at radius 3 is 2.74 bits per heavy atom. The van der Waals surface area contributed by atoms with E-state index >= 15 is 0 Å². The van der Waals surface area contributed by atoms with Crippen molar-refractivity contribution in [2.75, 3.05) is 12.4 Å². The van der Waals surface area contributed by atoms with Crippen LogP contribution in [0, 0.1) is 5.82 Å². The number of hydrogen-bond donors (Lipinski definition) is 1. The predicted octanol–water partition coefficient (Wildman–Crippen LogP) is 3.75. The van der Waals surface area contributed by atoms with Gasteiger partial charge in [0.25, 0.3) is 0 Å². The van der Waals surface area contributed by atoms with E-state index in [4.69, 9.17) is 4.74 Å². The van der Waals surface area contributed by atoms with Crippen molar-refractivity contribution in [1.29, 1.82) is 0 Å². The lowest BCUT2D eigenvalue weighted by molar-refractivity contribution is -0.145. The Bertz CT molecular complexity index is 422. The summed E-state index contributed by atoms with van der Waals surface area (Å²) in [5.41, 5.74) is -0.234. The number of esters is 1. The first kappa shape index (κ1) is 15.5. The fourth-order valence-electron chi connectivity index (χ4n) is 2.05. The molecule has 0 aliphatic heterocycles. The minimum atomic E-state index is -0.822. The van der Waals surface area contributed by atoms with E-state index in [1.165, 1.54) is 19.2 Å². The van der Waals surface area contributed by atoms with Gasteiger partial charge in [-0.15, -0.1) is 0 Å². The van der Waals surface area contributed by atoms with E-state index in [1.807, 2.05) is 0 Å². The molecule has 1 unspecified atom stereocenters. The van der Waals surface area contributed by atoms with Gasteiger partial charge in [0, 0.05) is 5.69 Å². The second-order valence-corrected chi connectivity index (χ2v) is 4.92. The first-order valence-corrected chi connectivity index (χ1v) is 6.64. The number of anilines is 1. The molecule has 0 aromatic heterocycles. The van der Waals surface area contributed by atoms with Gasteiger partial charge >= 0.3 is 5.97 Å². The molecular formula is C15H22FNO2. The van der Waals surface area contributed by atoms with Gasteiger partial charge in [-0.2, -0.15) is 0 Å². The van der Waals surface area contributed by atoms with Crippen LogP contribution >= 0.6 is 0 Å². The molecule has 0 aliphatic carbocycles. The van der Waals surface area contributed by atoms with E-state index in [-0.39, 0.29) is 11.8 Å². The molecule has 1 aromatic rings.